The van der Waals surface area contributed by atoms with Crippen molar-refractivity contribution in [3.63, 3.8) is 0 Å². The van der Waals surface area contributed by atoms with Gasteiger partial charge in [0.25, 0.3) is 0 Å². The molecule has 0 bridgehead atoms. The molecule has 0 amide bonds. The Morgan fingerprint density at radius 1 is 1.33 bits per heavy atom. The van der Waals surface area contributed by atoms with Gasteiger partial charge in [-0.2, -0.15) is 5.26 Å². The van der Waals surface area contributed by atoms with Gasteiger partial charge in [0.1, 0.15) is 11.9 Å². The topological polar surface area (TPSA) is 35.8 Å². The Morgan fingerprint density at radius 3 is 2.95 bits per heavy atom. The van der Waals surface area contributed by atoms with Crippen LogP contribution in [0.1, 0.15) is 23.6 Å². The third-order valence-electron chi connectivity index (χ3n) is 3.46. The predicted molar refractivity (Wildman–Crippen MR) is 84.3 cm³/mol. The van der Waals surface area contributed by atoms with Crippen LogP contribution >= 0.6 is 23.4 Å². The molecule has 1 aliphatic rings. The molecule has 2 nitrogen and oxygen atoms in total. The number of thioether (sulfide) groups is 1. The Labute approximate surface area is 131 Å². The summed E-state index contributed by atoms with van der Waals surface area (Å²) >= 11 is 7.60. The van der Waals surface area contributed by atoms with Crippen LogP contribution in [0.25, 0.3) is 0 Å². The highest BCUT2D eigenvalue weighted by atomic mass is 35.5. The van der Waals surface area contributed by atoms with E-state index in [0.717, 1.165) is 28.3 Å². The van der Waals surface area contributed by atoms with Gasteiger partial charge in [-0.25, -0.2) is 4.39 Å². The summed E-state index contributed by atoms with van der Waals surface area (Å²) in [6.07, 6.45) is 0.915. The molecule has 3 rings (SSSR count). The fraction of sp³-hybridized carbons (Fsp3) is 0.188. The first kappa shape index (κ1) is 14.2. The van der Waals surface area contributed by atoms with Gasteiger partial charge in [0.2, 0.25) is 0 Å². The lowest BCUT2D eigenvalue weighted by Gasteiger charge is -2.27. The van der Waals surface area contributed by atoms with Crippen LogP contribution in [-0.2, 0) is 0 Å². The Morgan fingerprint density at radius 2 is 2.19 bits per heavy atom. The molecular formula is C16H12ClFN2S. The number of rotatable bonds is 2. The normalized spacial score (nSPS) is 16.9. The van der Waals surface area contributed by atoms with Crippen molar-refractivity contribution in [2.24, 2.45) is 0 Å². The van der Waals surface area contributed by atoms with E-state index in [1.807, 2.05) is 18.2 Å². The molecule has 1 atom stereocenters. The SMILES string of the molecule is N#Cc1ccc(NC2CCSc3c(F)cccc32)cc1Cl. The van der Waals surface area contributed by atoms with Crippen LogP contribution in [0.3, 0.4) is 0 Å². The van der Waals surface area contributed by atoms with Gasteiger partial charge in [0.05, 0.1) is 16.6 Å². The molecule has 0 aliphatic carbocycles. The summed E-state index contributed by atoms with van der Waals surface area (Å²) < 4.78 is 13.8. The van der Waals surface area contributed by atoms with Gasteiger partial charge in [-0.3, -0.25) is 0 Å². The number of nitrogens with zero attached hydrogens (tertiary/aromatic N) is 1. The summed E-state index contributed by atoms with van der Waals surface area (Å²) in [4.78, 5) is 0.723. The number of hydrogen-bond acceptors (Lipinski definition) is 3. The maximum atomic E-state index is 13.8. The van der Waals surface area contributed by atoms with Gasteiger partial charge in [-0.1, -0.05) is 23.7 Å². The van der Waals surface area contributed by atoms with E-state index in [4.69, 9.17) is 16.9 Å². The second-order valence-corrected chi connectivity index (χ2v) is 6.31. The molecule has 21 heavy (non-hydrogen) atoms. The molecule has 0 saturated carbocycles. The minimum atomic E-state index is -0.165. The van der Waals surface area contributed by atoms with E-state index in [1.54, 1.807) is 30.0 Å². The first-order chi connectivity index (χ1) is 10.2. The molecule has 1 N–H and O–H groups in total. The maximum absolute atomic E-state index is 13.8. The fourth-order valence-electron chi connectivity index (χ4n) is 2.43. The Kier molecular flexibility index (Phi) is 4.05. The van der Waals surface area contributed by atoms with Gasteiger partial charge in [-0.05, 0) is 36.2 Å². The van der Waals surface area contributed by atoms with Crippen LogP contribution in [0.2, 0.25) is 5.02 Å². The lowest BCUT2D eigenvalue weighted by Crippen LogP contribution is -2.16. The van der Waals surface area contributed by atoms with Crippen molar-refractivity contribution in [1.82, 2.24) is 0 Å². The molecule has 0 aromatic heterocycles. The summed E-state index contributed by atoms with van der Waals surface area (Å²) in [5, 5.41) is 12.7. The van der Waals surface area contributed by atoms with Crippen LogP contribution in [0.5, 0.6) is 0 Å². The summed E-state index contributed by atoms with van der Waals surface area (Å²) in [6.45, 7) is 0. The number of anilines is 1. The van der Waals surface area contributed by atoms with Gasteiger partial charge >= 0.3 is 0 Å². The molecule has 0 saturated heterocycles. The summed E-state index contributed by atoms with van der Waals surface area (Å²) in [5.74, 6) is 0.706. The molecule has 2 aromatic rings. The second kappa shape index (κ2) is 5.97. The van der Waals surface area contributed by atoms with Crippen molar-refractivity contribution in [2.75, 3.05) is 11.1 Å². The van der Waals surface area contributed by atoms with Gasteiger partial charge in [0, 0.05) is 16.3 Å². The number of fused-ring (bicyclic) bond motifs is 1. The Balaban J connectivity index is 1.89. The maximum Gasteiger partial charge on any atom is 0.137 e. The molecular weight excluding hydrogens is 307 g/mol. The van der Waals surface area contributed by atoms with Crippen molar-refractivity contribution < 1.29 is 4.39 Å². The van der Waals surface area contributed by atoms with Gasteiger partial charge in [-0.15, -0.1) is 11.8 Å². The molecule has 0 radical (unpaired) electrons. The molecule has 2 aromatic carbocycles. The van der Waals surface area contributed by atoms with E-state index in [9.17, 15) is 4.39 Å². The average molecular weight is 319 g/mol. The Bertz CT molecular complexity index is 727. The minimum absolute atomic E-state index is 0.0564. The molecule has 1 unspecified atom stereocenters. The lowest BCUT2D eigenvalue weighted by molar-refractivity contribution is 0.585. The molecule has 1 aliphatic heterocycles. The monoisotopic (exact) mass is 318 g/mol. The molecule has 0 fully saturated rings. The first-order valence-corrected chi connectivity index (χ1v) is 7.93. The van der Waals surface area contributed by atoms with Crippen LogP contribution in [0.4, 0.5) is 10.1 Å². The highest BCUT2D eigenvalue weighted by molar-refractivity contribution is 7.99. The third kappa shape index (κ3) is 2.85. The molecule has 1 heterocycles. The molecule has 0 spiro atoms. The first-order valence-electron chi connectivity index (χ1n) is 6.56. The largest absolute Gasteiger partial charge is 0.378 e. The smallest absolute Gasteiger partial charge is 0.137 e. The number of hydrogen-bond donors (Lipinski definition) is 1. The zero-order chi connectivity index (χ0) is 14.8. The quantitative estimate of drug-likeness (QED) is 0.846. The molecule has 106 valence electrons. The lowest BCUT2D eigenvalue weighted by atomic mass is 10.0. The highest BCUT2D eigenvalue weighted by Crippen LogP contribution is 2.39. The predicted octanol–water partition coefficient (Wildman–Crippen LogP) is 5.00. The number of halogens is 2. The van der Waals surface area contributed by atoms with E-state index < -0.39 is 0 Å². The van der Waals surface area contributed by atoms with E-state index >= 15 is 0 Å². The standard InChI is InChI=1S/C16H12ClFN2S/c17-13-8-11(5-4-10(13)9-19)20-15-6-7-21-16-12(15)2-1-3-14(16)18/h1-5,8,15,20H,6-7H2. The van der Waals surface area contributed by atoms with Crippen LogP contribution in [0.15, 0.2) is 41.3 Å². The van der Waals surface area contributed by atoms with Gasteiger partial charge in [0.15, 0.2) is 0 Å². The average Bonchev–Trinajstić information content (AvgIpc) is 2.49. The van der Waals surface area contributed by atoms with Gasteiger partial charge < -0.3 is 5.32 Å². The van der Waals surface area contributed by atoms with E-state index in [1.165, 1.54) is 6.07 Å². The van der Waals surface area contributed by atoms with Crippen molar-refractivity contribution in [2.45, 2.75) is 17.4 Å². The highest BCUT2D eigenvalue weighted by Gasteiger charge is 2.23. The van der Waals surface area contributed by atoms with Crippen molar-refractivity contribution in [3.8, 4) is 6.07 Å². The zero-order valence-electron chi connectivity index (χ0n) is 11.1. The van der Waals surface area contributed by atoms with Crippen molar-refractivity contribution in [1.29, 1.82) is 5.26 Å². The summed E-state index contributed by atoms with van der Waals surface area (Å²) in [7, 11) is 0. The van der Waals surface area contributed by atoms with Crippen LogP contribution in [-0.4, -0.2) is 5.75 Å². The molecule has 5 heteroatoms. The fourth-order valence-corrected chi connectivity index (χ4v) is 3.80. The van der Waals surface area contributed by atoms with Crippen molar-refractivity contribution in [3.05, 3.63) is 58.4 Å². The van der Waals surface area contributed by atoms with Crippen LogP contribution < -0.4 is 5.32 Å². The zero-order valence-corrected chi connectivity index (χ0v) is 12.6. The minimum Gasteiger partial charge on any atom is -0.378 e. The van der Waals surface area contributed by atoms with E-state index in [2.05, 4.69) is 5.32 Å². The van der Waals surface area contributed by atoms with Crippen LogP contribution in [0, 0.1) is 17.1 Å². The third-order valence-corrected chi connectivity index (χ3v) is 4.93. The second-order valence-electron chi connectivity index (χ2n) is 4.80. The number of nitrogens with one attached hydrogen (secondary N) is 1. The Hall–Kier alpha value is -1.70. The van der Waals surface area contributed by atoms with E-state index in [-0.39, 0.29) is 11.9 Å². The number of nitriles is 1. The summed E-state index contributed by atoms with van der Waals surface area (Å²) in [5.41, 5.74) is 2.27. The van der Waals surface area contributed by atoms with Crippen molar-refractivity contribution >= 4 is 29.1 Å². The number of benzene rings is 2. The summed E-state index contributed by atoms with van der Waals surface area (Å²) in [6, 6.07) is 12.5. The van der Waals surface area contributed by atoms with E-state index in [0.29, 0.717) is 10.6 Å².